The van der Waals surface area contributed by atoms with Gasteiger partial charge in [-0.15, -0.1) is 0 Å². The monoisotopic (exact) mass is 362 g/mol. The molecule has 10 heteroatoms. The number of nitrogens with zero attached hydrogens (tertiary/aromatic N) is 6. The molecule has 0 radical (unpaired) electrons. The number of hydrogen-bond acceptors (Lipinski definition) is 6. The van der Waals surface area contributed by atoms with Gasteiger partial charge in [-0.2, -0.15) is 14.5 Å². The van der Waals surface area contributed by atoms with Crippen LogP contribution in [0.15, 0.2) is 29.2 Å². The highest BCUT2D eigenvalue weighted by molar-refractivity contribution is 6.31. The number of carbonyl (C=O) groups is 1. The van der Waals surface area contributed by atoms with Crippen molar-refractivity contribution in [3.8, 4) is 5.88 Å². The molecule has 25 heavy (non-hydrogen) atoms. The molecule has 0 unspecified atom stereocenters. The van der Waals surface area contributed by atoms with E-state index in [1.165, 1.54) is 22.6 Å². The minimum Gasteiger partial charge on any atom is -0.404 e. The molecule has 0 spiro atoms. The van der Waals surface area contributed by atoms with Crippen molar-refractivity contribution < 1.29 is 9.53 Å². The molecule has 0 bridgehead atoms. The number of ether oxygens (including phenoxy) is 1. The van der Waals surface area contributed by atoms with Crippen LogP contribution in [0, 0.1) is 6.92 Å². The fraction of sp³-hybridized carbons (Fsp3) is 0.267. The molecule has 3 aromatic rings. The van der Waals surface area contributed by atoms with Gasteiger partial charge in [0.05, 0.1) is 18.3 Å². The van der Waals surface area contributed by atoms with Crippen molar-refractivity contribution in [2.45, 2.75) is 13.5 Å². The minimum absolute atomic E-state index is 0.101. The lowest BCUT2D eigenvalue weighted by atomic mass is 10.0. The van der Waals surface area contributed by atoms with Crippen LogP contribution in [0.3, 0.4) is 0 Å². The highest BCUT2D eigenvalue weighted by Crippen LogP contribution is 2.24. The Labute approximate surface area is 147 Å². The lowest BCUT2D eigenvalue weighted by Crippen LogP contribution is -2.24. The summed E-state index contributed by atoms with van der Waals surface area (Å²) in [5, 5.41) is 11.8. The summed E-state index contributed by atoms with van der Waals surface area (Å²) in [5.41, 5.74) is 1.18. The fourth-order valence-corrected chi connectivity index (χ4v) is 2.62. The van der Waals surface area contributed by atoms with Crippen molar-refractivity contribution in [1.29, 1.82) is 0 Å². The van der Waals surface area contributed by atoms with Gasteiger partial charge in [0.2, 0.25) is 5.88 Å². The zero-order chi connectivity index (χ0) is 18.1. The SMILES string of the molecule is Cc1c(C(=O)Oc2ccnn2C)ccc(Cl)c1Cn1nnn(C)c1=O. The van der Waals surface area contributed by atoms with Crippen molar-refractivity contribution in [3.63, 3.8) is 0 Å². The second kappa shape index (κ2) is 6.52. The second-order valence-electron chi connectivity index (χ2n) is 5.42. The third-order valence-corrected chi connectivity index (χ3v) is 4.18. The van der Waals surface area contributed by atoms with Crippen LogP contribution in [-0.2, 0) is 20.6 Å². The maximum absolute atomic E-state index is 12.5. The van der Waals surface area contributed by atoms with Gasteiger partial charge in [-0.3, -0.25) is 0 Å². The van der Waals surface area contributed by atoms with Crippen LogP contribution in [0.1, 0.15) is 21.5 Å². The molecule has 0 aliphatic heterocycles. The van der Waals surface area contributed by atoms with E-state index in [9.17, 15) is 9.59 Å². The molecule has 0 aliphatic rings. The Bertz CT molecular complexity index is 1000. The number of esters is 1. The van der Waals surface area contributed by atoms with E-state index < -0.39 is 5.97 Å². The standard InChI is InChI=1S/C15H15ClN6O3/c1-9-10(14(23)25-13-6-7-17-20(13)2)4-5-12(16)11(9)8-22-15(24)21(3)18-19-22/h4-7H,8H2,1-3H3. The summed E-state index contributed by atoms with van der Waals surface area (Å²) in [4.78, 5) is 24.4. The van der Waals surface area contributed by atoms with Crippen molar-refractivity contribution in [1.82, 2.24) is 29.6 Å². The normalized spacial score (nSPS) is 10.9. The first-order valence-electron chi connectivity index (χ1n) is 7.33. The second-order valence-corrected chi connectivity index (χ2v) is 5.83. The van der Waals surface area contributed by atoms with Crippen molar-refractivity contribution in [2.24, 2.45) is 14.1 Å². The van der Waals surface area contributed by atoms with E-state index >= 15 is 0 Å². The number of aryl methyl sites for hydroxylation is 2. The fourth-order valence-electron chi connectivity index (χ4n) is 2.35. The number of benzene rings is 1. The van der Waals surface area contributed by atoms with Crippen LogP contribution in [0.2, 0.25) is 5.02 Å². The van der Waals surface area contributed by atoms with E-state index in [1.54, 1.807) is 32.2 Å². The Morgan fingerprint density at radius 1 is 1.20 bits per heavy atom. The van der Waals surface area contributed by atoms with Crippen LogP contribution >= 0.6 is 11.6 Å². The number of halogens is 1. The molecule has 0 saturated carbocycles. The van der Waals surface area contributed by atoms with E-state index in [-0.39, 0.29) is 12.2 Å². The van der Waals surface area contributed by atoms with E-state index in [2.05, 4.69) is 15.5 Å². The molecule has 0 fully saturated rings. The number of aromatic nitrogens is 6. The third kappa shape index (κ3) is 3.18. The maximum Gasteiger partial charge on any atom is 0.363 e. The van der Waals surface area contributed by atoms with Gasteiger partial charge in [0, 0.05) is 25.2 Å². The summed E-state index contributed by atoms with van der Waals surface area (Å²) < 4.78 is 9.08. The van der Waals surface area contributed by atoms with Crippen LogP contribution in [0.4, 0.5) is 0 Å². The summed E-state index contributed by atoms with van der Waals surface area (Å²) in [6.07, 6.45) is 1.53. The molecule has 2 aromatic heterocycles. The summed E-state index contributed by atoms with van der Waals surface area (Å²) in [6, 6.07) is 4.76. The lowest BCUT2D eigenvalue weighted by molar-refractivity contribution is 0.0719. The Morgan fingerprint density at radius 2 is 1.96 bits per heavy atom. The zero-order valence-corrected chi connectivity index (χ0v) is 14.6. The molecule has 0 saturated heterocycles. The van der Waals surface area contributed by atoms with E-state index in [0.717, 1.165) is 4.68 Å². The summed E-state index contributed by atoms with van der Waals surface area (Å²) in [5.74, 6) is -0.212. The van der Waals surface area contributed by atoms with Crippen molar-refractivity contribution in [2.75, 3.05) is 0 Å². The highest BCUT2D eigenvalue weighted by Gasteiger charge is 2.19. The minimum atomic E-state index is -0.537. The molecule has 2 heterocycles. The molecule has 1 aromatic carbocycles. The van der Waals surface area contributed by atoms with Gasteiger partial charge in [0.1, 0.15) is 0 Å². The van der Waals surface area contributed by atoms with Gasteiger partial charge >= 0.3 is 11.7 Å². The molecule has 9 nitrogen and oxygen atoms in total. The number of tetrazole rings is 1. The van der Waals surface area contributed by atoms with Crippen LogP contribution in [0.25, 0.3) is 0 Å². The molecule has 0 aliphatic carbocycles. The van der Waals surface area contributed by atoms with Crippen molar-refractivity contribution in [3.05, 3.63) is 56.6 Å². The molecule has 0 amide bonds. The smallest absolute Gasteiger partial charge is 0.363 e. The molecule has 3 rings (SSSR count). The van der Waals surface area contributed by atoms with Gasteiger partial charge in [-0.05, 0) is 40.6 Å². The molecular formula is C15H15ClN6O3. The highest BCUT2D eigenvalue weighted by atomic mass is 35.5. The average Bonchev–Trinajstić information content (AvgIpc) is 3.11. The average molecular weight is 363 g/mol. The predicted octanol–water partition coefficient (Wildman–Crippen LogP) is 0.940. The predicted molar refractivity (Wildman–Crippen MR) is 88.7 cm³/mol. The Balaban J connectivity index is 1.94. The molecule has 130 valence electrons. The van der Waals surface area contributed by atoms with Gasteiger partial charge < -0.3 is 4.74 Å². The number of carbonyl (C=O) groups excluding carboxylic acids is 1. The number of hydrogen-bond donors (Lipinski definition) is 0. The van der Waals surface area contributed by atoms with Crippen LogP contribution in [0.5, 0.6) is 5.88 Å². The third-order valence-electron chi connectivity index (χ3n) is 3.82. The molecule has 0 N–H and O–H groups in total. The molecular weight excluding hydrogens is 348 g/mol. The Morgan fingerprint density at radius 3 is 2.56 bits per heavy atom. The van der Waals surface area contributed by atoms with Gasteiger partial charge in [-0.1, -0.05) is 11.6 Å². The van der Waals surface area contributed by atoms with Crippen LogP contribution in [-0.4, -0.2) is 35.5 Å². The van der Waals surface area contributed by atoms with E-state index in [1.807, 2.05) is 0 Å². The Hall–Kier alpha value is -2.94. The molecule has 0 atom stereocenters. The first-order chi connectivity index (χ1) is 11.9. The Kier molecular flexibility index (Phi) is 4.41. The van der Waals surface area contributed by atoms with Crippen molar-refractivity contribution >= 4 is 17.6 Å². The quantitative estimate of drug-likeness (QED) is 0.641. The first kappa shape index (κ1) is 16.9. The lowest BCUT2D eigenvalue weighted by Gasteiger charge is -2.12. The summed E-state index contributed by atoms with van der Waals surface area (Å²) in [6.45, 7) is 1.84. The van der Waals surface area contributed by atoms with E-state index in [0.29, 0.717) is 27.6 Å². The zero-order valence-electron chi connectivity index (χ0n) is 13.8. The van der Waals surface area contributed by atoms with Crippen LogP contribution < -0.4 is 10.4 Å². The number of rotatable bonds is 4. The topological polar surface area (TPSA) is 96.8 Å². The van der Waals surface area contributed by atoms with E-state index in [4.69, 9.17) is 16.3 Å². The van der Waals surface area contributed by atoms with Gasteiger partial charge in [0.25, 0.3) is 0 Å². The maximum atomic E-state index is 12.5. The van der Waals surface area contributed by atoms with Gasteiger partial charge in [-0.25, -0.2) is 14.3 Å². The summed E-state index contributed by atoms with van der Waals surface area (Å²) >= 11 is 6.25. The largest absolute Gasteiger partial charge is 0.404 e. The summed E-state index contributed by atoms with van der Waals surface area (Å²) in [7, 11) is 3.17. The van der Waals surface area contributed by atoms with Gasteiger partial charge in [0.15, 0.2) is 0 Å². The first-order valence-corrected chi connectivity index (χ1v) is 7.71.